The number of fused-ring (bicyclic) bond motifs is 1. The van der Waals surface area contributed by atoms with Crippen molar-refractivity contribution >= 4 is 16.9 Å². The van der Waals surface area contributed by atoms with Crippen molar-refractivity contribution < 1.29 is 13.9 Å². The van der Waals surface area contributed by atoms with E-state index in [1.807, 2.05) is 36.1 Å². The molecular formula is C20H26N2O3. The summed E-state index contributed by atoms with van der Waals surface area (Å²) in [5.41, 5.74) is 1.75. The summed E-state index contributed by atoms with van der Waals surface area (Å²) >= 11 is 0. The van der Waals surface area contributed by atoms with E-state index in [2.05, 4.69) is 4.90 Å². The lowest BCUT2D eigenvalue weighted by atomic mass is 9.95. The zero-order chi connectivity index (χ0) is 17.2. The van der Waals surface area contributed by atoms with Crippen molar-refractivity contribution in [3.8, 4) is 0 Å². The van der Waals surface area contributed by atoms with Crippen LogP contribution < -0.4 is 0 Å². The van der Waals surface area contributed by atoms with Crippen LogP contribution in [0.4, 0.5) is 0 Å². The SMILES string of the molecule is Cc1c(C(=O)N2CCC(CN3CCOCC3)CC2)oc2ccccc12. The minimum absolute atomic E-state index is 0.0403. The van der Waals surface area contributed by atoms with E-state index in [-0.39, 0.29) is 5.91 Å². The number of nitrogens with zero attached hydrogens (tertiary/aromatic N) is 2. The predicted molar refractivity (Wildman–Crippen MR) is 96.8 cm³/mol. The summed E-state index contributed by atoms with van der Waals surface area (Å²) in [6.45, 7) is 8.54. The van der Waals surface area contributed by atoms with E-state index in [0.29, 0.717) is 11.7 Å². The fourth-order valence-corrected chi connectivity index (χ4v) is 3.99. The summed E-state index contributed by atoms with van der Waals surface area (Å²) in [4.78, 5) is 17.3. The molecule has 2 aliphatic rings. The van der Waals surface area contributed by atoms with Gasteiger partial charge in [-0.25, -0.2) is 0 Å². The number of hydrogen-bond donors (Lipinski definition) is 0. The fraction of sp³-hybridized carbons (Fsp3) is 0.550. The Morgan fingerprint density at radius 2 is 1.84 bits per heavy atom. The Hall–Kier alpha value is -1.85. The van der Waals surface area contributed by atoms with Gasteiger partial charge in [0, 0.05) is 43.7 Å². The van der Waals surface area contributed by atoms with E-state index in [1.165, 1.54) is 0 Å². The van der Waals surface area contributed by atoms with Gasteiger partial charge in [0.05, 0.1) is 13.2 Å². The second-order valence-electron chi connectivity index (χ2n) is 7.20. The molecule has 1 amide bonds. The quantitative estimate of drug-likeness (QED) is 0.860. The summed E-state index contributed by atoms with van der Waals surface area (Å²) in [5.74, 6) is 1.23. The number of rotatable bonds is 3. The molecule has 2 saturated heterocycles. The maximum absolute atomic E-state index is 12.9. The third-order valence-corrected chi connectivity index (χ3v) is 5.56. The highest BCUT2D eigenvalue weighted by atomic mass is 16.5. The molecule has 2 aromatic rings. The van der Waals surface area contributed by atoms with Crippen LogP contribution in [0.2, 0.25) is 0 Å². The molecule has 4 rings (SSSR count). The Balaban J connectivity index is 1.38. The van der Waals surface area contributed by atoms with Gasteiger partial charge in [-0.1, -0.05) is 18.2 Å². The number of amides is 1. The van der Waals surface area contributed by atoms with Gasteiger partial charge in [-0.3, -0.25) is 9.69 Å². The van der Waals surface area contributed by atoms with Gasteiger partial charge in [-0.15, -0.1) is 0 Å². The Morgan fingerprint density at radius 3 is 2.56 bits per heavy atom. The standard InChI is InChI=1S/C20H26N2O3/c1-15-17-4-2-3-5-18(17)25-19(15)20(23)22-8-6-16(7-9-22)14-21-10-12-24-13-11-21/h2-5,16H,6-14H2,1H3. The lowest BCUT2D eigenvalue weighted by Crippen LogP contribution is -2.44. The minimum atomic E-state index is 0.0403. The maximum Gasteiger partial charge on any atom is 0.289 e. The number of carbonyl (C=O) groups is 1. The molecule has 1 aromatic heterocycles. The topological polar surface area (TPSA) is 45.9 Å². The maximum atomic E-state index is 12.9. The van der Waals surface area contributed by atoms with Crippen LogP contribution in [0.3, 0.4) is 0 Å². The van der Waals surface area contributed by atoms with Crippen molar-refractivity contribution in [1.29, 1.82) is 0 Å². The number of furan rings is 1. The molecule has 0 spiro atoms. The molecule has 2 aliphatic heterocycles. The third kappa shape index (κ3) is 3.44. The number of piperidine rings is 1. The number of hydrogen-bond acceptors (Lipinski definition) is 4. The first kappa shape index (κ1) is 16.6. The van der Waals surface area contributed by atoms with Crippen molar-refractivity contribution in [3.05, 3.63) is 35.6 Å². The molecule has 5 heteroatoms. The average molecular weight is 342 g/mol. The molecule has 0 aliphatic carbocycles. The predicted octanol–water partition coefficient (Wildman–Crippen LogP) is 2.93. The van der Waals surface area contributed by atoms with Crippen LogP contribution in [0.1, 0.15) is 29.0 Å². The highest BCUT2D eigenvalue weighted by Crippen LogP contribution is 2.27. The summed E-state index contributed by atoms with van der Waals surface area (Å²) in [5, 5.41) is 1.04. The van der Waals surface area contributed by atoms with Crippen molar-refractivity contribution in [3.63, 3.8) is 0 Å². The van der Waals surface area contributed by atoms with Crippen LogP contribution in [0.5, 0.6) is 0 Å². The van der Waals surface area contributed by atoms with Crippen LogP contribution in [0.25, 0.3) is 11.0 Å². The molecule has 0 atom stereocenters. The Kier molecular flexibility index (Phi) is 4.77. The molecule has 5 nitrogen and oxygen atoms in total. The summed E-state index contributed by atoms with van der Waals surface area (Å²) in [6, 6.07) is 7.86. The largest absolute Gasteiger partial charge is 0.451 e. The van der Waals surface area contributed by atoms with E-state index < -0.39 is 0 Å². The number of ether oxygens (including phenoxy) is 1. The molecule has 0 unspecified atom stereocenters. The van der Waals surface area contributed by atoms with Crippen LogP contribution in [0, 0.1) is 12.8 Å². The van der Waals surface area contributed by atoms with Crippen molar-refractivity contribution in [2.75, 3.05) is 45.9 Å². The van der Waals surface area contributed by atoms with E-state index in [9.17, 15) is 4.79 Å². The van der Waals surface area contributed by atoms with Crippen LogP contribution in [0.15, 0.2) is 28.7 Å². The van der Waals surface area contributed by atoms with Crippen molar-refractivity contribution in [1.82, 2.24) is 9.80 Å². The van der Waals surface area contributed by atoms with Crippen LogP contribution in [-0.2, 0) is 4.74 Å². The highest BCUT2D eigenvalue weighted by molar-refractivity contribution is 5.98. The Labute approximate surface area is 148 Å². The molecule has 1 aromatic carbocycles. The van der Waals surface area contributed by atoms with Gasteiger partial charge in [-0.05, 0) is 31.7 Å². The van der Waals surface area contributed by atoms with Gasteiger partial charge in [-0.2, -0.15) is 0 Å². The fourth-order valence-electron chi connectivity index (χ4n) is 3.99. The normalized spacial score (nSPS) is 20.3. The van der Waals surface area contributed by atoms with E-state index in [0.717, 1.165) is 75.3 Å². The van der Waals surface area contributed by atoms with E-state index in [4.69, 9.17) is 9.15 Å². The Bertz CT molecular complexity index is 740. The smallest absolute Gasteiger partial charge is 0.289 e. The third-order valence-electron chi connectivity index (χ3n) is 5.56. The number of aryl methyl sites for hydroxylation is 1. The van der Waals surface area contributed by atoms with Gasteiger partial charge < -0.3 is 14.1 Å². The van der Waals surface area contributed by atoms with E-state index >= 15 is 0 Å². The monoisotopic (exact) mass is 342 g/mol. The minimum Gasteiger partial charge on any atom is -0.451 e. The van der Waals surface area contributed by atoms with Gasteiger partial charge in [0.2, 0.25) is 0 Å². The van der Waals surface area contributed by atoms with Crippen LogP contribution in [-0.4, -0.2) is 61.6 Å². The number of para-hydroxylation sites is 1. The zero-order valence-corrected chi connectivity index (χ0v) is 14.9. The Morgan fingerprint density at radius 1 is 1.12 bits per heavy atom. The molecule has 3 heterocycles. The van der Waals surface area contributed by atoms with Crippen LogP contribution >= 0.6 is 0 Å². The van der Waals surface area contributed by atoms with E-state index in [1.54, 1.807) is 0 Å². The van der Waals surface area contributed by atoms with Gasteiger partial charge in [0.25, 0.3) is 5.91 Å². The van der Waals surface area contributed by atoms with Gasteiger partial charge in [0.15, 0.2) is 5.76 Å². The van der Waals surface area contributed by atoms with Gasteiger partial charge in [0.1, 0.15) is 5.58 Å². The molecule has 0 radical (unpaired) electrons. The second kappa shape index (κ2) is 7.18. The number of benzene rings is 1. The first-order valence-corrected chi connectivity index (χ1v) is 9.30. The van der Waals surface area contributed by atoms with Gasteiger partial charge >= 0.3 is 0 Å². The molecular weight excluding hydrogens is 316 g/mol. The molecule has 134 valence electrons. The second-order valence-corrected chi connectivity index (χ2v) is 7.20. The summed E-state index contributed by atoms with van der Waals surface area (Å²) in [6.07, 6.45) is 2.14. The number of carbonyl (C=O) groups excluding carboxylic acids is 1. The lowest BCUT2D eigenvalue weighted by molar-refractivity contribution is 0.0240. The molecule has 2 fully saturated rings. The molecule has 0 saturated carbocycles. The lowest BCUT2D eigenvalue weighted by Gasteiger charge is -2.35. The first-order valence-electron chi connectivity index (χ1n) is 9.30. The average Bonchev–Trinajstić information content (AvgIpc) is 3.00. The molecule has 0 N–H and O–H groups in total. The highest BCUT2D eigenvalue weighted by Gasteiger charge is 2.28. The summed E-state index contributed by atoms with van der Waals surface area (Å²) in [7, 11) is 0. The number of morpholine rings is 1. The number of likely N-dealkylation sites (tertiary alicyclic amines) is 1. The van der Waals surface area contributed by atoms with Crippen molar-refractivity contribution in [2.45, 2.75) is 19.8 Å². The summed E-state index contributed by atoms with van der Waals surface area (Å²) < 4.78 is 11.3. The zero-order valence-electron chi connectivity index (χ0n) is 14.9. The first-order chi connectivity index (χ1) is 12.2. The van der Waals surface area contributed by atoms with Crippen molar-refractivity contribution in [2.24, 2.45) is 5.92 Å². The molecule has 0 bridgehead atoms. The molecule has 25 heavy (non-hydrogen) atoms.